The van der Waals surface area contributed by atoms with Gasteiger partial charge < -0.3 is 10.2 Å². The minimum Gasteiger partial charge on any atom is -0.358 e. The maximum Gasteiger partial charge on any atom is 0.137 e. The first-order valence-electron chi connectivity index (χ1n) is 6.61. The Balaban J connectivity index is 1.78. The lowest BCUT2D eigenvalue weighted by Gasteiger charge is -2.29. The fourth-order valence-electron chi connectivity index (χ4n) is 2.68. The monoisotopic (exact) mass is 261 g/mol. The molecule has 0 aliphatic carbocycles. The summed E-state index contributed by atoms with van der Waals surface area (Å²) in [6.07, 6.45) is 5.86. The SMILES string of the molecule is CN(CC1CCCCN1)c1nccc2sccc12. The van der Waals surface area contributed by atoms with Crippen molar-refractivity contribution in [3.63, 3.8) is 0 Å². The van der Waals surface area contributed by atoms with E-state index in [2.05, 4.69) is 39.8 Å². The van der Waals surface area contributed by atoms with Crippen LogP contribution >= 0.6 is 11.3 Å². The van der Waals surface area contributed by atoms with E-state index in [1.54, 1.807) is 11.3 Å². The molecule has 1 fully saturated rings. The molecule has 3 rings (SSSR count). The standard InChI is InChI=1S/C14H19N3S/c1-17(10-11-4-2-3-7-15-11)14-12-6-9-18-13(12)5-8-16-14/h5-6,8-9,11,15H,2-4,7,10H2,1H3. The summed E-state index contributed by atoms with van der Waals surface area (Å²) in [5.74, 6) is 1.11. The molecule has 0 radical (unpaired) electrons. The second-order valence-electron chi connectivity index (χ2n) is 4.99. The number of anilines is 1. The van der Waals surface area contributed by atoms with Crippen LogP contribution < -0.4 is 10.2 Å². The number of thiophene rings is 1. The predicted molar refractivity (Wildman–Crippen MR) is 78.5 cm³/mol. The molecule has 1 aliphatic heterocycles. The van der Waals surface area contributed by atoms with Gasteiger partial charge >= 0.3 is 0 Å². The Kier molecular flexibility index (Phi) is 3.48. The molecule has 3 heterocycles. The molecule has 2 aromatic rings. The summed E-state index contributed by atoms with van der Waals surface area (Å²) in [6, 6.07) is 4.88. The smallest absolute Gasteiger partial charge is 0.137 e. The number of hydrogen-bond donors (Lipinski definition) is 1. The zero-order valence-electron chi connectivity index (χ0n) is 10.7. The summed E-state index contributed by atoms with van der Waals surface area (Å²) < 4.78 is 1.32. The second-order valence-corrected chi connectivity index (χ2v) is 5.94. The molecule has 3 nitrogen and oxygen atoms in total. The molecule has 2 aromatic heterocycles. The molecule has 1 saturated heterocycles. The van der Waals surface area contributed by atoms with Gasteiger partial charge in [-0.25, -0.2) is 4.98 Å². The average Bonchev–Trinajstić information content (AvgIpc) is 2.87. The lowest BCUT2D eigenvalue weighted by atomic mass is 10.0. The summed E-state index contributed by atoms with van der Waals surface area (Å²) in [5, 5.41) is 7.01. The van der Waals surface area contributed by atoms with Crippen LogP contribution in [0.15, 0.2) is 23.7 Å². The topological polar surface area (TPSA) is 28.2 Å². The molecule has 0 spiro atoms. The molecule has 1 atom stereocenters. The van der Waals surface area contributed by atoms with Gasteiger partial charge in [0.25, 0.3) is 0 Å². The van der Waals surface area contributed by atoms with Crippen molar-refractivity contribution in [3.05, 3.63) is 23.7 Å². The van der Waals surface area contributed by atoms with Crippen molar-refractivity contribution in [1.82, 2.24) is 10.3 Å². The van der Waals surface area contributed by atoms with Gasteiger partial charge in [-0.1, -0.05) is 6.42 Å². The molecule has 0 amide bonds. The van der Waals surface area contributed by atoms with E-state index >= 15 is 0 Å². The largest absolute Gasteiger partial charge is 0.358 e. The number of fused-ring (bicyclic) bond motifs is 1. The first-order chi connectivity index (χ1) is 8.84. The molecule has 18 heavy (non-hydrogen) atoms. The third kappa shape index (κ3) is 2.35. The first kappa shape index (κ1) is 11.9. The van der Waals surface area contributed by atoms with Crippen molar-refractivity contribution >= 4 is 27.2 Å². The molecule has 96 valence electrons. The Hall–Kier alpha value is -1.13. The quantitative estimate of drug-likeness (QED) is 0.921. The van der Waals surface area contributed by atoms with Crippen molar-refractivity contribution < 1.29 is 0 Å². The third-order valence-electron chi connectivity index (χ3n) is 3.63. The summed E-state index contributed by atoms with van der Waals surface area (Å²) in [6.45, 7) is 2.20. The van der Waals surface area contributed by atoms with Gasteiger partial charge in [-0.05, 0) is 36.9 Å². The summed E-state index contributed by atoms with van der Waals surface area (Å²) >= 11 is 1.78. The van der Waals surface area contributed by atoms with Crippen molar-refractivity contribution in [2.45, 2.75) is 25.3 Å². The Morgan fingerprint density at radius 2 is 2.39 bits per heavy atom. The Morgan fingerprint density at radius 1 is 1.44 bits per heavy atom. The second kappa shape index (κ2) is 5.24. The molecule has 1 unspecified atom stereocenters. The van der Waals surface area contributed by atoms with E-state index in [0.717, 1.165) is 18.9 Å². The molecular weight excluding hydrogens is 242 g/mol. The lowest BCUT2D eigenvalue weighted by Crippen LogP contribution is -2.42. The number of aromatic nitrogens is 1. The zero-order chi connectivity index (χ0) is 12.4. The Labute approximate surface area is 112 Å². The normalized spacial score (nSPS) is 20.2. The zero-order valence-corrected chi connectivity index (χ0v) is 11.5. The number of likely N-dealkylation sites (N-methyl/N-ethyl adjacent to an activating group) is 1. The van der Waals surface area contributed by atoms with Gasteiger partial charge in [0.2, 0.25) is 0 Å². The maximum absolute atomic E-state index is 4.55. The van der Waals surface area contributed by atoms with Crippen molar-refractivity contribution in [2.24, 2.45) is 0 Å². The average molecular weight is 261 g/mol. The van der Waals surface area contributed by atoms with Gasteiger partial charge in [-0.3, -0.25) is 0 Å². The molecule has 0 saturated carbocycles. The van der Waals surface area contributed by atoms with Gasteiger partial charge in [0.05, 0.1) is 0 Å². The van der Waals surface area contributed by atoms with E-state index < -0.39 is 0 Å². The number of hydrogen-bond acceptors (Lipinski definition) is 4. The highest BCUT2D eigenvalue weighted by Crippen LogP contribution is 2.28. The van der Waals surface area contributed by atoms with E-state index in [1.807, 2.05) is 6.20 Å². The van der Waals surface area contributed by atoms with Crippen LogP contribution in [-0.4, -0.2) is 31.2 Å². The van der Waals surface area contributed by atoms with Crippen LogP contribution in [0, 0.1) is 0 Å². The summed E-state index contributed by atoms with van der Waals surface area (Å²) in [5.41, 5.74) is 0. The van der Waals surface area contributed by atoms with Crippen LogP contribution in [0.2, 0.25) is 0 Å². The maximum atomic E-state index is 4.55. The van der Waals surface area contributed by atoms with Gasteiger partial charge in [-0.15, -0.1) is 11.3 Å². The third-order valence-corrected chi connectivity index (χ3v) is 4.51. The summed E-state index contributed by atoms with van der Waals surface area (Å²) in [7, 11) is 2.15. The van der Waals surface area contributed by atoms with Gasteiger partial charge in [0.1, 0.15) is 5.82 Å². The van der Waals surface area contributed by atoms with Crippen LogP contribution in [0.1, 0.15) is 19.3 Å². The van der Waals surface area contributed by atoms with Crippen LogP contribution in [-0.2, 0) is 0 Å². The van der Waals surface area contributed by atoms with Crippen LogP contribution in [0.4, 0.5) is 5.82 Å². The van der Waals surface area contributed by atoms with Crippen LogP contribution in [0.25, 0.3) is 10.1 Å². The van der Waals surface area contributed by atoms with Gasteiger partial charge in [0, 0.05) is 35.9 Å². The molecular formula is C14H19N3S. The Morgan fingerprint density at radius 3 is 3.22 bits per heavy atom. The van der Waals surface area contributed by atoms with Crippen molar-refractivity contribution in [1.29, 1.82) is 0 Å². The van der Waals surface area contributed by atoms with Crippen LogP contribution in [0.5, 0.6) is 0 Å². The molecule has 1 aliphatic rings. The number of nitrogens with one attached hydrogen (secondary N) is 1. The highest BCUT2D eigenvalue weighted by Gasteiger charge is 2.16. The number of pyridine rings is 1. The van der Waals surface area contributed by atoms with Crippen molar-refractivity contribution in [2.75, 3.05) is 25.0 Å². The number of piperidine rings is 1. The first-order valence-corrected chi connectivity index (χ1v) is 7.49. The van der Waals surface area contributed by atoms with E-state index in [-0.39, 0.29) is 0 Å². The molecule has 4 heteroatoms. The Bertz CT molecular complexity index is 516. The van der Waals surface area contributed by atoms with Gasteiger partial charge in [0.15, 0.2) is 0 Å². The molecule has 0 bridgehead atoms. The highest BCUT2D eigenvalue weighted by atomic mass is 32.1. The number of rotatable bonds is 3. The number of nitrogens with zero attached hydrogens (tertiary/aromatic N) is 2. The van der Waals surface area contributed by atoms with Crippen molar-refractivity contribution in [3.8, 4) is 0 Å². The van der Waals surface area contributed by atoms with Crippen LogP contribution in [0.3, 0.4) is 0 Å². The highest BCUT2D eigenvalue weighted by molar-refractivity contribution is 7.17. The van der Waals surface area contributed by atoms with Gasteiger partial charge in [-0.2, -0.15) is 0 Å². The minimum atomic E-state index is 0.611. The van der Waals surface area contributed by atoms with E-state index in [1.165, 1.54) is 29.3 Å². The predicted octanol–water partition coefficient (Wildman–Crippen LogP) is 2.87. The fourth-order valence-corrected chi connectivity index (χ4v) is 3.46. The van der Waals surface area contributed by atoms with E-state index in [4.69, 9.17) is 0 Å². The summed E-state index contributed by atoms with van der Waals surface area (Å²) in [4.78, 5) is 6.84. The van der Waals surface area contributed by atoms with E-state index in [0.29, 0.717) is 6.04 Å². The van der Waals surface area contributed by atoms with E-state index in [9.17, 15) is 0 Å². The molecule has 0 aromatic carbocycles. The molecule has 1 N–H and O–H groups in total. The fraction of sp³-hybridized carbons (Fsp3) is 0.500. The lowest BCUT2D eigenvalue weighted by molar-refractivity contribution is 0.403. The minimum absolute atomic E-state index is 0.611.